The molecule has 0 spiro atoms. The van der Waals surface area contributed by atoms with Gasteiger partial charge in [-0.15, -0.1) is 0 Å². The lowest BCUT2D eigenvalue weighted by atomic mass is 9.99. The lowest BCUT2D eigenvalue weighted by molar-refractivity contribution is -0.272. The zero-order chi connectivity index (χ0) is 26.0. The minimum Gasteiger partial charge on any atom is -0.504 e. The molecule has 2 aromatic carbocycles. The molecule has 13 nitrogen and oxygen atoms in total. The fraction of sp³-hybridized carbons (Fsp3) is 0.348. The summed E-state index contributed by atoms with van der Waals surface area (Å²) in [4.78, 5) is 36.9. The molecule has 0 bridgehead atoms. The molecule has 0 aliphatic carbocycles. The summed E-state index contributed by atoms with van der Waals surface area (Å²) in [7, 11) is 1.23. The van der Waals surface area contributed by atoms with Crippen LogP contribution in [0.1, 0.15) is 13.8 Å². The normalized spacial score (nSPS) is 24.4. The largest absolute Gasteiger partial charge is 0.504 e. The summed E-state index contributed by atoms with van der Waals surface area (Å²) >= 11 is 0. The van der Waals surface area contributed by atoms with Crippen molar-refractivity contribution in [2.75, 3.05) is 7.11 Å². The van der Waals surface area contributed by atoms with E-state index in [1.165, 1.54) is 14.0 Å². The zero-order valence-electron chi connectivity index (χ0n) is 19.0. The van der Waals surface area contributed by atoms with E-state index in [9.17, 15) is 34.8 Å². The Kier molecular flexibility index (Phi) is 5.43. The summed E-state index contributed by atoms with van der Waals surface area (Å²) in [6.07, 6.45) is -7.11. The molecule has 1 aliphatic heterocycles. The topological polar surface area (TPSA) is 195 Å². The number of hydrogen-bond acceptors (Lipinski definition) is 13. The highest BCUT2D eigenvalue weighted by atomic mass is 16.7. The van der Waals surface area contributed by atoms with E-state index in [0.29, 0.717) is 0 Å². The molecule has 13 heteroatoms. The molecular formula is C23H20O13. The predicted molar refractivity (Wildman–Crippen MR) is 120 cm³/mol. The number of carbonyl (C=O) groups is 1. The summed E-state index contributed by atoms with van der Waals surface area (Å²) in [6.45, 7) is 2.59. The van der Waals surface area contributed by atoms with Gasteiger partial charge < -0.3 is 48.2 Å². The Morgan fingerprint density at radius 3 is 1.97 bits per heavy atom. The van der Waals surface area contributed by atoms with Gasteiger partial charge >= 0.3 is 17.2 Å². The van der Waals surface area contributed by atoms with Crippen LogP contribution in [0.4, 0.5) is 0 Å². The number of hydrogen-bond donors (Lipinski definition) is 4. The highest BCUT2D eigenvalue weighted by Gasteiger charge is 2.46. The van der Waals surface area contributed by atoms with E-state index < -0.39 is 65.2 Å². The van der Waals surface area contributed by atoms with Gasteiger partial charge in [0.05, 0.1) is 24.0 Å². The van der Waals surface area contributed by atoms with Gasteiger partial charge in [-0.25, -0.2) is 9.59 Å². The van der Waals surface area contributed by atoms with Crippen LogP contribution in [0.5, 0.6) is 23.0 Å². The average Bonchev–Trinajstić information content (AvgIpc) is 2.81. The molecule has 2 aromatic heterocycles. The standard InChI is InChI=1S/C23H20O13/c1-6-16(33-7(2)24)14(27)15(28)23(32-6)36-18-11(26)5-9-13-12-8(22(30)35-20(13)18)4-10(25)17(31-3)19(12)34-21(9)29/h4-6,14-16,23,25-28H,1-3H3. The second-order valence-corrected chi connectivity index (χ2v) is 8.32. The second kappa shape index (κ2) is 8.26. The van der Waals surface area contributed by atoms with Gasteiger partial charge in [-0.05, 0) is 19.1 Å². The van der Waals surface area contributed by atoms with Crippen molar-refractivity contribution in [2.24, 2.45) is 0 Å². The van der Waals surface area contributed by atoms with Gasteiger partial charge in [-0.1, -0.05) is 0 Å². The Labute approximate surface area is 199 Å². The SMILES string of the molecule is COc1c(O)cc2c(=O)oc3c(OC4OC(C)C(OC(C)=O)C(O)C4O)c(O)cc4c(=O)oc1c2c34. The van der Waals surface area contributed by atoms with Crippen LogP contribution in [0, 0.1) is 0 Å². The van der Waals surface area contributed by atoms with Crippen LogP contribution in [-0.4, -0.2) is 64.2 Å². The first-order chi connectivity index (χ1) is 17.0. The van der Waals surface area contributed by atoms with Gasteiger partial charge in [0.25, 0.3) is 0 Å². The number of phenols is 2. The number of benzene rings is 2. The summed E-state index contributed by atoms with van der Waals surface area (Å²) in [5, 5.41) is 41.7. The van der Waals surface area contributed by atoms with Crippen LogP contribution in [0.3, 0.4) is 0 Å². The van der Waals surface area contributed by atoms with E-state index >= 15 is 0 Å². The highest BCUT2D eigenvalue weighted by molar-refractivity contribution is 6.22. The lowest BCUT2D eigenvalue weighted by Crippen LogP contribution is -2.59. The molecule has 4 aromatic rings. The number of ether oxygens (including phenoxy) is 4. The quantitative estimate of drug-likeness (QED) is 0.172. The van der Waals surface area contributed by atoms with Crippen molar-refractivity contribution in [1.82, 2.24) is 0 Å². The van der Waals surface area contributed by atoms with Crippen LogP contribution >= 0.6 is 0 Å². The maximum Gasteiger partial charge on any atom is 0.344 e. The predicted octanol–water partition coefficient (Wildman–Crippen LogP) is 0.687. The van der Waals surface area contributed by atoms with Crippen molar-refractivity contribution in [2.45, 2.75) is 44.6 Å². The third-order valence-corrected chi connectivity index (χ3v) is 6.03. The van der Waals surface area contributed by atoms with E-state index in [1.807, 2.05) is 0 Å². The van der Waals surface area contributed by atoms with Crippen LogP contribution in [0.25, 0.3) is 32.7 Å². The molecule has 0 amide bonds. The maximum absolute atomic E-state index is 12.8. The van der Waals surface area contributed by atoms with Gasteiger partial charge in [0.2, 0.25) is 17.8 Å². The molecule has 3 heterocycles. The molecule has 5 rings (SSSR count). The number of aliphatic hydroxyl groups excluding tert-OH is 2. The second-order valence-electron chi connectivity index (χ2n) is 8.32. The minimum atomic E-state index is -1.75. The molecule has 0 radical (unpaired) electrons. The van der Waals surface area contributed by atoms with Crippen LogP contribution in [0.15, 0.2) is 30.6 Å². The zero-order valence-corrected chi connectivity index (χ0v) is 19.0. The van der Waals surface area contributed by atoms with Crippen LogP contribution < -0.4 is 20.7 Å². The number of aromatic hydroxyl groups is 2. The van der Waals surface area contributed by atoms with E-state index in [-0.39, 0.29) is 38.5 Å². The lowest BCUT2D eigenvalue weighted by Gasteiger charge is -2.40. The first-order valence-electron chi connectivity index (χ1n) is 10.7. The Bertz CT molecular complexity index is 1620. The van der Waals surface area contributed by atoms with Crippen molar-refractivity contribution in [3.63, 3.8) is 0 Å². The number of phenolic OH excluding ortho intramolecular Hbond substituents is 2. The van der Waals surface area contributed by atoms with Gasteiger partial charge in [0.1, 0.15) is 12.2 Å². The van der Waals surface area contributed by atoms with E-state index in [2.05, 4.69) is 0 Å². The van der Waals surface area contributed by atoms with Gasteiger partial charge in [0.15, 0.2) is 28.8 Å². The molecule has 4 N–H and O–H groups in total. The smallest absolute Gasteiger partial charge is 0.344 e. The molecule has 0 saturated carbocycles. The first-order valence-corrected chi connectivity index (χ1v) is 10.7. The molecule has 36 heavy (non-hydrogen) atoms. The number of methoxy groups -OCH3 is 1. The Hall–Kier alpha value is -4.07. The molecule has 1 aliphatic rings. The van der Waals surface area contributed by atoms with E-state index in [1.54, 1.807) is 0 Å². The minimum absolute atomic E-state index is 0.0126. The van der Waals surface area contributed by atoms with Crippen molar-refractivity contribution in [3.05, 3.63) is 33.0 Å². The van der Waals surface area contributed by atoms with Crippen molar-refractivity contribution in [1.29, 1.82) is 0 Å². The average molecular weight is 504 g/mol. The monoisotopic (exact) mass is 504 g/mol. The Balaban J connectivity index is 1.71. The maximum atomic E-state index is 12.8. The van der Waals surface area contributed by atoms with Gasteiger partial charge in [-0.3, -0.25) is 4.79 Å². The fourth-order valence-electron chi connectivity index (χ4n) is 4.45. The Morgan fingerprint density at radius 2 is 1.44 bits per heavy atom. The number of carbonyl (C=O) groups excluding carboxylic acids is 1. The van der Waals surface area contributed by atoms with Crippen molar-refractivity contribution < 1.29 is 53.0 Å². The summed E-state index contributed by atoms with van der Waals surface area (Å²) < 4.78 is 32.0. The summed E-state index contributed by atoms with van der Waals surface area (Å²) in [5.74, 6) is -2.51. The first kappa shape index (κ1) is 23.7. The molecule has 5 atom stereocenters. The molecule has 1 fully saturated rings. The number of esters is 1. The fourth-order valence-corrected chi connectivity index (χ4v) is 4.45. The Morgan fingerprint density at radius 1 is 0.917 bits per heavy atom. The van der Waals surface area contributed by atoms with Gasteiger partial charge in [0, 0.05) is 17.7 Å². The third kappa shape index (κ3) is 3.39. The summed E-state index contributed by atoms with van der Waals surface area (Å²) in [5.41, 5.74) is -2.52. The van der Waals surface area contributed by atoms with Crippen molar-refractivity contribution in [3.8, 4) is 23.0 Å². The summed E-state index contributed by atoms with van der Waals surface area (Å²) in [6, 6.07) is 2.10. The van der Waals surface area contributed by atoms with Gasteiger partial charge in [-0.2, -0.15) is 0 Å². The third-order valence-electron chi connectivity index (χ3n) is 6.03. The highest BCUT2D eigenvalue weighted by Crippen LogP contribution is 2.46. The van der Waals surface area contributed by atoms with E-state index in [0.717, 1.165) is 19.1 Å². The molecule has 1 saturated heterocycles. The number of rotatable bonds is 4. The van der Waals surface area contributed by atoms with E-state index in [4.69, 9.17) is 27.8 Å². The van der Waals surface area contributed by atoms with Crippen molar-refractivity contribution >= 4 is 38.7 Å². The van der Waals surface area contributed by atoms with Crippen LogP contribution in [0.2, 0.25) is 0 Å². The number of aliphatic hydroxyl groups is 2. The molecular weight excluding hydrogens is 484 g/mol. The van der Waals surface area contributed by atoms with Crippen LogP contribution in [-0.2, 0) is 14.3 Å². The molecule has 5 unspecified atom stereocenters. The molecule has 190 valence electrons.